The molecule has 2 N–H and O–H groups in total. The van der Waals surface area contributed by atoms with Crippen LogP contribution in [0.4, 0.5) is 0 Å². The van der Waals surface area contributed by atoms with Gasteiger partial charge < -0.3 is 48.1 Å². The van der Waals surface area contributed by atoms with Crippen molar-refractivity contribution in [3.8, 4) is 0 Å². The van der Waals surface area contributed by atoms with Gasteiger partial charge in [-0.05, 0) is 35.4 Å². The Balaban J connectivity index is 0.000000382. The summed E-state index contributed by atoms with van der Waals surface area (Å²) in [4.78, 5) is 69.0. The normalized spacial score (nSPS) is 27.0. The number of ether oxygens (including phenoxy) is 8. The Morgan fingerprint density at radius 3 is 1.36 bits per heavy atom. The van der Waals surface area contributed by atoms with E-state index in [0.29, 0.717) is 11.1 Å². The van der Waals surface area contributed by atoms with Gasteiger partial charge in [0.05, 0.1) is 0 Å². The molecule has 0 spiro atoms. The Bertz CT molecular complexity index is 1660. The lowest BCUT2D eigenvalue weighted by molar-refractivity contribution is -0.254. The summed E-state index contributed by atoms with van der Waals surface area (Å²) in [7, 11) is 0. The van der Waals surface area contributed by atoms with E-state index in [2.05, 4.69) is 31.9 Å². The molecule has 2 fully saturated rings. The molecule has 0 unspecified atom stereocenters. The number of hydrogen-bond acceptors (Lipinski definition) is 16. The molecule has 16 nitrogen and oxygen atoms in total. The standard InChI is InChI=1S/C20H23BrO9.C16H19BrO7.HI/c1-10(22)26-9-16-18(27-11(2)23)20(29-13(4)25)19(28-12(3)24)17(30-16)14-6-5-7-15(21)8-14;1-8(18)22-7-12-16(23-9(2)19)14(21)13(20)15(24-12)10-4-3-5-11(17)6-10;/h5-8,16-20H,9H2,1-4H3;3-6,12-16,20-21H,7H2,1-2H3;1H/t16-,17-,18-,19-,20+;12-,13+,14-,15-,16-;/m11./s1. The van der Waals surface area contributed by atoms with Crippen molar-refractivity contribution in [1.29, 1.82) is 0 Å². The number of carbonyl (C=O) groups excluding carboxylic acids is 6. The van der Waals surface area contributed by atoms with Crippen LogP contribution in [0, 0.1) is 0 Å². The molecule has 0 amide bonds. The first-order valence-electron chi connectivity index (χ1n) is 16.5. The highest BCUT2D eigenvalue weighted by molar-refractivity contribution is 14.0. The van der Waals surface area contributed by atoms with E-state index < -0.39 is 96.9 Å². The minimum atomic E-state index is -1.38. The first kappa shape index (κ1) is 47.9. The second-order valence-corrected chi connectivity index (χ2v) is 14.0. The third-order valence-corrected chi connectivity index (χ3v) is 8.77. The Morgan fingerprint density at radius 2 is 0.927 bits per heavy atom. The smallest absolute Gasteiger partial charge is 0.303 e. The predicted molar refractivity (Wildman–Crippen MR) is 206 cm³/mol. The lowest BCUT2D eigenvalue weighted by Gasteiger charge is -2.44. The highest BCUT2D eigenvalue weighted by Gasteiger charge is 2.52. The maximum Gasteiger partial charge on any atom is 0.303 e. The summed E-state index contributed by atoms with van der Waals surface area (Å²) in [6.45, 7) is 6.73. The van der Waals surface area contributed by atoms with Crippen molar-refractivity contribution < 1.29 is 76.9 Å². The molecule has 2 saturated heterocycles. The van der Waals surface area contributed by atoms with E-state index in [9.17, 15) is 39.0 Å². The van der Waals surface area contributed by atoms with Crippen molar-refractivity contribution in [2.24, 2.45) is 0 Å². The summed E-state index contributed by atoms with van der Waals surface area (Å²) in [6.07, 6.45) is -10.9. The second kappa shape index (κ2) is 22.5. The Labute approximate surface area is 351 Å². The van der Waals surface area contributed by atoms with Crippen LogP contribution in [-0.2, 0) is 66.7 Å². The highest BCUT2D eigenvalue weighted by atomic mass is 127. The monoisotopic (exact) mass is 1020 g/mol. The van der Waals surface area contributed by atoms with Gasteiger partial charge in [-0.25, -0.2) is 0 Å². The third kappa shape index (κ3) is 14.7. The van der Waals surface area contributed by atoms with Crippen LogP contribution < -0.4 is 0 Å². The fraction of sp³-hybridized carbons (Fsp3) is 0.500. The zero-order valence-corrected chi connectivity index (χ0v) is 36.1. The second-order valence-electron chi connectivity index (χ2n) is 12.2. The lowest BCUT2D eigenvalue weighted by Crippen LogP contribution is -2.59. The minimum Gasteiger partial charge on any atom is -0.463 e. The van der Waals surface area contributed by atoms with Crippen molar-refractivity contribution in [3.63, 3.8) is 0 Å². The van der Waals surface area contributed by atoms with Crippen LogP contribution in [0.3, 0.4) is 0 Å². The summed E-state index contributed by atoms with van der Waals surface area (Å²) in [5.74, 6) is -3.71. The van der Waals surface area contributed by atoms with E-state index in [1.165, 1.54) is 41.5 Å². The van der Waals surface area contributed by atoms with Gasteiger partial charge >= 0.3 is 35.8 Å². The minimum absolute atomic E-state index is 0. The quantitative estimate of drug-likeness (QED) is 0.196. The third-order valence-electron chi connectivity index (χ3n) is 7.78. The molecule has 4 rings (SSSR count). The molecule has 2 heterocycles. The number of carbonyl (C=O) groups is 6. The number of halogens is 3. The molecular weight excluding hydrogens is 975 g/mol. The highest BCUT2D eigenvalue weighted by Crippen LogP contribution is 2.39. The van der Waals surface area contributed by atoms with Crippen LogP contribution >= 0.6 is 55.8 Å². The summed E-state index contributed by atoms with van der Waals surface area (Å²) in [5.41, 5.74) is 1.24. The first-order chi connectivity index (χ1) is 25.4. The van der Waals surface area contributed by atoms with Crippen LogP contribution in [0.1, 0.15) is 64.9 Å². The Hall–Kier alpha value is -3.21. The van der Waals surface area contributed by atoms with Gasteiger partial charge in [0.15, 0.2) is 24.4 Å². The van der Waals surface area contributed by atoms with E-state index in [-0.39, 0.29) is 37.2 Å². The number of benzene rings is 2. The topological polar surface area (TPSA) is 217 Å². The van der Waals surface area contributed by atoms with Gasteiger partial charge in [0.25, 0.3) is 0 Å². The summed E-state index contributed by atoms with van der Waals surface area (Å²) in [6, 6.07) is 14.1. The van der Waals surface area contributed by atoms with E-state index in [1.54, 1.807) is 42.5 Å². The van der Waals surface area contributed by atoms with Crippen molar-refractivity contribution in [3.05, 3.63) is 68.6 Å². The van der Waals surface area contributed by atoms with Gasteiger partial charge in [-0.15, -0.1) is 24.0 Å². The van der Waals surface area contributed by atoms with E-state index in [4.69, 9.17) is 37.9 Å². The number of hydrogen-bond donors (Lipinski definition) is 2. The number of aliphatic hydroxyl groups excluding tert-OH is 2. The number of rotatable bonds is 10. The zero-order chi connectivity index (χ0) is 40.3. The lowest BCUT2D eigenvalue weighted by atomic mass is 9.90. The molecule has 2 aliphatic rings. The van der Waals surface area contributed by atoms with Crippen LogP contribution in [-0.4, -0.2) is 108 Å². The van der Waals surface area contributed by atoms with Crippen LogP contribution in [0.2, 0.25) is 0 Å². The van der Waals surface area contributed by atoms with Gasteiger partial charge in [-0.3, -0.25) is 28.8 Å². The van der Waals surface area contributed by atoms with Crippen molar-refractivity contribution in [1.82, 2.24) is 0 Å². The Kier molecular flexibility index (Phi) is 19.6. The molecule has 0 radical (unpaired) electrons. The molecule has 19 heteroatoms. The van der Waals surface area contributed by atoms with Crippen molar-refractivity contribution in [2.75, 3.05) is 13.2 Å². The maximum atomic E-state index is 11.8. The largest absolute Gasteiger partial charge is 0.463 e. The molecule has 0 saturated carbocycles. The molecule has 2 aromatic rings. The number of aliphatic hydroxyl groups is 2. The summed E-state index contributed by atoms with van der Waals surface area (Å²) < 4.78 is 44.6. The molecule has 0 bridgehead atoms. The fourth-order valence-electron chi connectivity index (χ4n) is 5.75. The Morgan fingerprint density at radius 1 is 0.545 bits per heavy atom. The summed E-state index contributed by atoms with van der Waals surface area (Å²) >= 11 is 6.71. The van der Waals surface area contributed by atoms with E-state index in [1.807, 2.05) is 6.07 Å². The maximum absolute atomic E-state index is 11.8. The molecular formula is C36H43Br2IO16. The van der Waals surface area contributed by atoms with Crippen molar-refractivity contribution >= 4 is 91.7 Å². The average molecular weight is 1020 g/mol. The van der Waals surface area contributed by atoms with Gasteiger partial charge in [0, 0.05) is 50.5 Å². The molecule has 2 aliphatic heterocycles. The fourth-order valence-corrected chi connectivity index (χ4v) is 6.58. The van der Waals surface area contributed by atoms with Crippen molar-refractivity contribution in [2.45, 2.75) is 103 Å². The molecule has 55 heavy (non-hydrogen) atoms. The van der Waals surface area contributed by atoms with Gasteiger partial charge in [-0.1, -0.05) is 56.1 Å². The first-order valence-corrected chi connectivity index (χ1v) is 18.1. The molecule has 2 aromatic carbocycles. The molecule has 304 valence electrons. The van der Waals surface area contributed by atoms with Crippen LogP contribution in [0.25, 0.3) is 0 Å². The van der Waals surface area contributed by atoms with E-state index in [0.717, 1.165) is 8.95 Å². The molecule has 0 aliphatic carbocycles. The van der Waals surface area contributed by atoms with E-state index >= 15 is 0 Å². The summed E-state index contributed by atoms with van der Waals surface area (Å²) in [5, 5.41) is 20.7. The van der Waals surface area contributed by atoms with Crippen LogP contribution in [0.5, 0.6) is 0 Å². The van der Waals surface area contributed by atoms with Gasteiger partial charge in [-0.2, -0.15) is 0 Å². The predicted octanol–water partition coefficient (Wildman–Crippen LogP) is 3.97. The number of esters is 6. The average Bonchev–Trinajstić information content (AvgIpc) is 3.07. The molecule has 10 atom stereocenters. The zero-order valence-electron chi connectivity index (χ0n) is 30.6. The van der Waals surface area contributed by atoms with Gasteiger partial charge in [0.1, 0.15) is 49.8 Å². The van der Waals surface area contributed by atoms with Crippen LogP contribution in [0.15, 0.2) is 57.5 Å². The molecule has 0 aromatic heterocycles. The SMILES string of the molecule is CC(=O)OC[C@H]1O[C@H](c2cccc(Br)c2)[C@@H](O)[C@@H](O)[C@@H]1OC(C)=O.CC(=O)OC[C@H]1O[C@H](c2cccc(Br)c2)[C@@H](OC(C)=O)[C@@H](OC(C)=O)[C@@H]1OC(C)=O.I. The van der Waals surface area contributed by atoms with Gasteiger partial charge in [0.2, 0.25) is 0 Å².